The molecule has 2 unspecified atom stereocenters. The van der Waals surface area contributed by atoms with Crippen LogP contribution in [0, 0.1) is 0 Å². The zero-order chi connectivity index (χ0) is 10.6. The fraction of sp³-hybridized carbons (Fsp3) is 1.00. The minimum atomic E-state index is -0.399. The third-order valence-corrected chi connectivity index (χ3v) is 2.37. The lowest BCUT2D eigenvalue weighted by Gasteiger charge is -2.22. The van der Waals surface area contributed by atoms with E-state index in [-0.39, 0.29) is 18.3 Å². The van der Waals surface area contributed by atoms with E-state index in [1.165, 1.54) is 0 Å². The van der Waals surface area contributed by atoms with Crippen molar-refractivity contribution in [1.29, 1.82) is 0 Å². The molecule has 5 heteroatoms. The molecular weight excluding hydrogens is 183 g/mol. The van der Waals surface area contributed by atoms with Gasteiger partial charge in [0.2, 0.25) is 0 Å². The van der Waals surface area contributed by atoms with Gasteiger partial charge in [0.25, 0.3) is 0 Å². The first-order valence-corrected chi connectivity index (χ1v) is 4.73. The quantitative estimate of drug-likeness (QED) is 0.583. The molecule has 4 atom stereocenters. The van der Waals surface area contributed by atoms with Gasteiger partial charge in [0, 0.05) is 20.2 Å². The normalized spacial score (nSPS) is 34.6. The monoisotopic (exact) mass is 200 g/mol. The van der Waals surface area contributed by atoms with Crippen LogP contribution >= 0.6 is 0 Å². The summed E-state index contributed by atoms with van der Waals surface area (Å²) >= 11 is 0. The molecule has 0 saturated carbocycles. The van der Waals surface area contributed by atoms with Gasteiger partial charge in [-0.15, -0.1) is 0 Å². The number of methoxy groups -OCH3 is 2. The minimum absolute atomic E-state index is 0.0558. The molecule has 14 heavy (non-hydrogen) atoms. The summed E-state index contributed by atoms with van der Waals surface area (Å²) in [6.45, 7) is 2.92. The van der Waals surface area contributed by atoms with Gasteiger partial charge < -0.3 is 18.9 Å². The molecule has 1 rings (SSSR count). The van der Waals surface area contributed by atoms with Crippen LogP contribution in [0.1, 0.15) is 6.92 Å². The topological polar surface area (TPSA) is 36.9 Å². The summed E-state index contributed by atoms with van der Waals surface area (Å²) in [6.07, 6.45) is -0.216. The molecule has 4 nitrogen and oxygen atoms in total. The fourth-order valence-corrected chi connectivity index (χ4v) is 1.33. The van der Waals surface area contributed by atoms with Crippen LogP contribution in [0.2, 0.25) is 0 Å². The Labute approximate surface area is 86.3 Å². The lowest BCUT2D eigenvalue weighted by molar-refractivity contribution is -0.0671. The van der Waals surface area contributed by atoms with Crippen molar-refractivity contribution in [1.82, 2.24) is 0 Å². The van der Waals surface area contributed by atoms with E-state index < -0.39 is 6.00 Å². The van der Waals surface area contributed by atoms with Gasteiger partial charge in [-0.3, -0.25) is 0 Å². The molecule has 0 aromatic rings. The highest BCUT2D eigenvalue weighted by Crippen LogP contribution is 2.18. The van der Waals surface area contributed by atoms with Crippen molar-refractivity contribution in [3.63, 3.8) is 0 Å². The highest BCUT2D eigenvalue weighted by Gasteiger charge is 2.35. The SMILES string of the molecule is [B][C@@H]1OC[C@H](OC)C1OCC(C)OC. The fourth-order valence-electron chi connectivity index (χ4n) is 1.33. The molecule has 1 aliphatic rings. The Morgan fingerprint density at radius 3 is 2.79 bits per heavy atom. The van der Waals surface area contributed by atoms with E-state index in [1.54, 1.807) is 14.2 Å². The average Bonchev–Trinajstić information content (AvgIpc) is 2.55. The third-order valence-electron chi connectivity index (χ3n) is 2.37. The predicted octanol–water partition coefficient (Wildman–Crippen LogP) is -0.0537. The summed E-state index contributed by atoms with van der Waals surface area (Å²) in [7, 11) is 8.98. The molecule has 0 bridgehead atoms. The van der Waals surface area contributed by atoms with Crippen molar-refractivity contribution in [2.24, 2.45) is 0 Å². The largest absolute Gasteiger partial charge is 0.382 e. The van der Waals surface area contributed by atoms with Crippen LogP contribution in [-0.4, -0.2) is 59.6 Å². The van der Waals surface area contributed by atoms with E-state index in [2.05, 4.69) is 0 Å². The Morgan fingerprint density at radius 1 is 1.50 bits per heavy atom. The molecule has 0 N–H and O–H groups in total. The van der Waals surface area contributed by atoms with Gasteiger partial charge in [0.1, 0.15) is 20.1 Å². The smallest absolute Gasteiger partial charge is 0.112 e. The van der Waals surface area contributed by atoms with Gasteiger partial charge >= 0.3 is 0 Å². The Hall–Kier alpha value is -0.0951. The molecule has 2 radical (unpaired) electrons. The number of ether oxygens (including phenoxy) is 4. The van der Waals surface area contributed by atoms with Gasteiger partial charge in [0.05, 0.1) is 19.3 Å². The van der Waals surface area contributed by atoms with Crippen LogP contribution in [-0.2, 0) is 18.9 Å². The first-order chi connectivity index (χ1) is 6.69. The van der Waals surface area contributed by atoms with Crippen molar-refractivity contribution in [3.8, 4) is 0 Å². The van der Waals surface area contributed by atoms with Crippen molar-refractivity contribution in [2.75, 3.05) is 27.4 Å². The molecular formula is C9H17BO4. The molecule has 0 aromatic heterocycles. The van der Waals surface area contributed by atoms with Gasteiger partial charge in [-0.2, -0.15) is 0 Å². The molecule has 1 aliphatic heterocycles. The van der Waals surface area contributed by atoms with E-state index in [4.69, 9.17) is 26.8 Å². The van der Waals surface area contributed by atoms with Crippen molar-refractivity contribution < 1.29 is 18.9 Å². The second-order valence-electron chi connectivity index (χ2n) is 3.42. The Kier molecular flexibility index (Phi) is 4.88. The van der Waals surface area contributed by atoms with Crippen molar-refractivity contribution >= 4 is 7.85 Å². The molecule has 0 spiro atoms. The minimum Gasteiger partial charge on any atom is -0.382 e. The van der Waals surface area contributed by atoms with Gasteiger partial charge in [-0.1, -0.05) is 0 Å². The van der Waals surface area contributed by atoms with Crippen LogP contribution < -0.4 is 0 Å². The van der Waals surface area contributed by atoms with E-state index in [0.29, 0.717) is 13.2 Å². The van der Waals surface area contributed by atoms with Crippen LogP contribution in [0.4, 0.5) is 0 Å². The highest BCUT2D eigenvalue weighted by molar-refractivity contribution is 6.11. The van der Waals surface area contributed by atoms with Crippen LogP contribution in [0.3, 0.4) is 0 Å². The first kappa shape index (κ1) is 12.0. The number of hydrogen-bond donors (Lipinski definition) is 0. The van der Waals surface area contributed by atoms with Crippen molar-refractivity contribution in [2.45, 2.75) is 31.2 Å². The first-order valence-electron chi connectivity index (χ1n) is 4.73. The number of hydrogen-bond acceptors (Lipinski definition) is 4. The van der Waals surface area contributed by atoms with Gasteiger partial charge in [-0.05, 0) is 6.92 Å². The van der Waals surface area contributed by atoms with E-state index in [9.17, 15) is 0 Å². The molecule has 1 saturated heterocycles. The second kappa shape index (κ2) is 5.71. The maximum atomic E-state index is 5.70. The molecule has 80 valence electrons. The standard InChI is InChI=1S/C9H17BO4/c1-6(11-2)4-13-8-7(12-3)5-14-9(8)10/h6-9H,4-5H2,1-3H3/t6?,7-,8?,9+/m0/s1. The Morgan fingerprint density at radius 2 is 2.21 bits per heavy atom. The summed E-state index contributed by atoms with van der Waals surface area (Å²) < 4.78 is 21.0. The van der Waals surface area contributed by atoms with E-state index in [0.717, 1.165) is 0 Å². The number of rotatable bonds is 5. The Bertz CT molecular complexity index is 167. The maximum Gasteiger partial charge on any atom is 0.112 e. The maximum absolute atomic E-state index is 5.70. The predicted molar refractivity (Wildman–Crippen MR) is 52.5 cm³/mol. The lowest BCUT2D eigenvalue weighted by Crippen LogP contribution is -2.36. The second-order valence-corrected chi connectivity index (χ2v) is 3.42. The lowest BCUT2D eigenvalue weighted by atomic mass is 9.93. The summed E-state index contributed by atoms with van der Waals surface area (Å²) in [5, 5.41) is 0. The van der Waals surface area contributed by atoms with Crippen LogP contribution in [0.25, 0.3) is 0 Å². The third kappa shape index (κ3) is 2.95. The average molecular weight is 200 g/mol. The molecule has 0 aliphatic carbocycles. The van der Waals surface area contributed by atoms with Crippen molar-refractivity contribution in [3.05, 3.63) is 0 Å². The highest BCUT2D eigenvalue weighted by atomic mass is 16.6. The van der Waals surface area contributed by atoms with E-state index in [1.807, 2.05) is 6.92 Å². The molecule has 1 fully saturated rings. The molecule has 1 heterocycles. The molecule has 0 amide bonds. The Balaban J connectivity index is 2.33. The summed E-state index contributed by atoms with van der Waals surface area (Å²) in [5.74, 6) is 0. The summed E-state index contributed by atoms with van der Waals surface area (Å²) in [5.41, 5.74) is 0. The zero-order valence-electron chi connectivity index (χ0n) is 8.93. The van der Waals surface area contributed by atoms with Gasteiger partial charge in [0.15, 0.2) is 0 Å². The molecule has 0 aromatic carbocycles. The summed E-state index contributed by atoms with van der Waals surface area (Å²) in [4.78, 5) is 0. The van der Waals surface area contributed by atoms with Crippen LogP contribution in [0.15, 0.2) is 0 Å². The summed E-state index contributed by atoms with van der Waals surface area (Å²) in [6, 6.07) is -0.399. The van der Waals surface area contributed by atoms with Gasteiger partial charge in [-0.25, -0.2) is 0 Å². The van der Waals surface area contributed by atoms with E-state index >= 15 is 0 Å². The van der Waals surface area contributed by atoms with Crippen LogP contribution in [0.5, 0.6) is 0 Å². The zero-order valence-corrected chi connectivity index (χ0v) is 8.93.